The molecule has 0 unspecified atom stereocenters. The van der Waals surface area contributed by atoms with E-state index in [4.69, 9.17) is 5.26 Å². The van der Waals surface area contributed by atoms with Gasteiger partial charge < -0.3 is 4.90 Å². The zero-order valence-corrected chi connectivity index (χ0v) is 10.3. The van der Waals surface area contributed by atoms with Crippen LogP contribution in [0.25, 0.3) is 0 Å². The molecule has 0 fully saturated rings. The molecule has 0 N–H and O–H groups in total. The lowest BCUT2D eigenvalue weighted by atomic mass is 10.2. The summed E-state index contributed by atoms with van der Waals surface area (Å²) < 4.78 is 13.9. The van der Waals surface area contributed by atoms with Gasteiger partial charge in [-0.05, 0) is 35.0 Å². The number of benzene rings is 1. The van der Waals surface area contributed by atoms with Crippen LogP contribution >= 0.6 is 15.9 Å². The number of nitriles is 1. The van der Waals surface area contributed by atoms with Gasteiger partial charge in [0.1, 0.15) is 12.4 Å². The lowest BCUT2D eigenvalue weighted by molar-refractivity contribution is 0.0778. The molecule has 0 aliphatic carbocycles. The van der Waals surface area contributed by atoms with Crippen molar-refractivity contribution in [3.8, 4) is 6.07 Å². The Bertz CT molecular complexity index is 422. The number of rotatable bonds is 3. The average molecular weight is 285 g/mol. The van der Waals surface area contributed by atoms with E-state index in [1.807, 2.05) is 6.07 Å². The molecule has 0 atom stereocenters. The van der Waals surface area contributed by atoms with Crippen molar-refractivity contribution in [3.63, 3.8) is 0 Å². The maximum absolute atomic E-state index is 13.5. The molecule has 5 heteroatoms. The molecule has 1 amide bonds. The Morgan fingerprint density at radius 1 is 1.62 bits per heavy atom. The van der Waals surface area contributed by atoms with Crippen LogP contribution in [-0.2, 0) is 0 Å². The van der Waals surface area contributed by atoms with Crippen LogP contribution in [0.3, 0.4) is 0 Å². The third-order valence-corrected chi connectivity index (χ3v) is 2.77. The second-order valence-corrected chi connectivity index (χ2v) is 3.93. The topological polar surface area (TPSA) is 44.1 Å². The zero-order chi connectivity index (χ0) is 12.1. The van der Waals surface area contributed by atoms with Crippen LogP contribution in [0, 0.1) is 17.1 Å². The first kappa shape index (κ1) is 12.7. The fraction of sp³-hybridized carbons (Fsp3) is 0.273. The summed E-state index contributed by atoms with van der Waals surface area (Å²) in [5, 5.41) is 8.55. The molecule has 0 saturated carbocycles. The molecule has 84 valence electrons. The Balaban J connectivity index is 3.09. The van der Waals surface area contributed by atoms with Crippen LogP contribution < -0.4 is 0 Å². The van der Waals surface area contributed by atoms with Crippen molar-refractivity contribution in [2.45, 2.75) is 6.92 Å². The van der Waals surface area contributed by atoms with Crippen LogP contribution in [0.5, 0.6) is 0 Å². The van der Waals surface area contributed by atoms with Gasteiger partial charge in [0, 0.05) is 11.0 Å². The molecule has 0 saturated heterocycles. The van der Waals surface area contributed by atoms with Crippen LogP contribution in [0.4, 0.5) is 4.39 Å². The van der Waals surface area contributed by atoms with E-state index in [0.29, 0.717) is 11.0 Å². The van der Waals surface area contributed by atoms with Crippen LogP contribution in [0.1, 0.15) is 17.3 Å². The highest BCUT2D eigenvalue weighted by atomic mass is 79.9. The molecule has 1 aromatic carbocycles. The quantitative estimate of drug-likeness (QED) is 0.801. The van der Waals surface area contributed by atoms with Gasteiger partial charge in [0.15, 0.2) is 0 Å². The molecule has 1 aromatic rings. The Morgan fingerprint density at radius 2 is 2.31 bits per heavy atom. The van der Waals surface area contributed by atoms with Crippen LogP contribution in [-0.4, -0.2) is 23.9 Å². The minimum Gasteiger partial charge on any atom is -0.325 e. The first-order valence-electron chi connectivity index (χ1n) is 4.72. The van der Waals surface area contributed by atoms with E-state index in [-0.39, 0.29) is 12.1 Å². The predicted octanol–water partition coefficient (Wildman–Crippen LogP) is 2.57. The summed E-state index contributed by atoms with van der Waals surface area (Å²) in [6.07, 6.45) is 0. The number of carbonyl (C=O) groups excluding carboxylic acids is 1. The smallest absolute Gasteiger partial charge is 0.258 e. The number of carbonyl (C=O) groups is 1. The average Bonchev–Trinajstić information content (AvgIpc) is 2.25. The van der Waals surface area contributed by atoms with E-state index in [1.54, 1.807) is 13.0 Å². The highest BCUT2D eigenvalue weighted by Gasteiger charge is 2.20. The largest absolute Gasteiger partial charge is 0.325 e. The second kappa shape index (κ2) is 5.61. The number of hydrogen-bond acceptors (Lipinski definition) is 2. The maximum Gasteiger partial charge on any atom is 0.258 e. The lowest BCUT2D eigenvalue weighted by Gasteiger charge is -2.18. The molecule has 0 bridgehead atoms. The molecule has 16 heavy (non-hydrogen) atoms. The van der Waals surface area contributed by atoms with E-state index in [2.05, 4.69) is 15.9 Å². The van der Waals surface area contributed by atoms with Gasteiger partial charge in [0.2, 0.25) is 0 Å². The third kappa shape index (κ3) is 2.58. The molecule has 0 aliphatic rings. The molecular formula is C11H10BrFN2O. The zero-order valence-electron chi connectivity index (χ0n) is 8.70. The first-order chi connectivity index (χ1) is 7.61. The summed E-state index contributed by atoms with van der Waals surface area (Å²) in [4.78, 5) is 13.2. The van der Waals surface area contributed by atoms with Gasteiger partial charge in [-0.1, -0.05) is 6.07 Å². The highest BCUT2D eigenvalue weighted by molar-refractivity contribution is 9.10. The highest BCUT2D eigenvalue weighted by Crippen LogP contribution is 2.21. The summed E-state index contributed by atoms with van der Waals surface area (Å²) in [5.41, 5.74) is -0.0281. The van der Waals surface area contributed by atoms with Crippen LogP contribution in [0.2, 0.25) is 0 Å². The third-order valence-electron chi connectivity index (χ3n) is 2.11. The van der Waals surface area contributed by atoms with Gasteiger partial charge in [-0.25, -0.2) is 4.39 Å². The standard InChI is InChI=1S/C11H10BrFN2O/c1-2-15(7-6-14)11(16)10-8(12)4-3-5-9(10)13/h3-5H,2,7H2,1H3. The fourth-order valence-corrected chi connectivity index (χ4v) is 1.78. The number of amides is 1. The fourth-order valence-electron chi connectivity index (χ4n) is 1.27. The number of halogens is 2. The normalized spacial score (nSPS) is 9.62. The van der Waals surface area contributed by atoms with E-state index >= 15 is 0 Å². The van der Waals surface area contributed by atoms with E-state index < -0.39 is 11.7 Å². The summed E-state index contributed by atoms with van der Waals surface area (Å²) >= 11 is 3.13. The van der Waals surface area contributed by atoms with Crippen molar-refractivity contribution in [1.82, 2.24) is 4.90 Å². The molecule has 0 spiro atoms. The molecule has 0 heterocycles. The Morgan fingerprint density at radius 3 is 2.81 bits per heavy atom. The van der Waals surface area contributed by atoms with Crippen molar-refractivity contribution in [2.75, 3.05) is 13.1 Å². The Labute approximate surface area is 102 Å². The SMILES string of the molecule is CCN(CC#N)C(=O)c1c(F)cccc1Br. The van der Waals surface area contributed by atoms with Gasteiger partial charge in [0.05, 0.1) is 11.6 Å². The van der Waals surface area contributed by atoms with E-state index in [1.165, 1.54) is 17.0 Å². The minimum absolute atomic E-state index is 0.0281. The van der Waals surface area contributed by atoms with Crippen molar-refractivity contribution >= 4 is 21.8 Å². The number of hydrogen-bond donors (Lipinski definition) is 0. The van der Waals surface area contributed by atoms with Crippen molar-refractivity contribution in [1.29, 1.82) is 5.26 Å². The molecule has 0 aliphatic heterocycles. The van der Waals surface area contributed by atoms with Crippen molar-refractivity contribution < 1.29 is 9.18 Å². The summed E-state index contributed by atoms with van der Waals surface area (Å²) in [7, 11) is 0. The first-order valence-corrected chi connectivity index (χ1v) is 5.51. The molecule has 1 rings (SSSR count). The van der Waals surface area contributed by atoms with Crippen molar-refractivity contribution in [2.24, 2.45) is 0 Å². The Kier molecular flexibility index (Phi) is 4.44. The van der Waals surface area contributed by atoms with Gasteiger partial charge in [0.25, 0.3) is 5.91 Å². The monoisotopic (exact) mass is 284 g/mol. The van der Waals surface area contributed by atoms with Gasteiger partial charge >= 0.3 is 0 Å². The second-order valence-electron chi connectivity index (χ2n) is 3.07. The van der Waals surface area contributed by atoms with Gasteiger partial charge in [-0.15, -0.1) is 0 Å². The lowest BCUT2D eigenvalue weighted by Crippen LogP contribution is -2.32. The van der Waals surface area contributed by atoms with Crippen LogP contribution in [0.15, 0.2) is 22.7 Å². The maximum atomic E-state index is 13.5. The minimum atomic E-state index is -0.587. The molecule has 3 nitrogen and oxygen atoms in total. The summed E-state index contributed by atoms with van der Waals surface area (Å²) in [6, 6.07) is 6.20. The molecule has 0 radical (unpaired) electrons. The summed E-state index contributed by atoms with van der Waals surface area (Å²) in [5.74, 6) is -1.07. The van der Waals surface area contributed by atoms with Crippen molar-refractivity contribution in [3.05, 3.63) is 34.1 Å². The van der Waals surface area contributed by atoms with E-state index in [0.717, 1.165) is 0 Å². The predicted molar refractivity (Wildman–Crippen MR) is 61.3 cm³/mol. The molecular weight excluding hydrogens is 275 g/mol. The van der Waals surface area contributed by atoms with E-state index in [9.17, 15) is 9.18 Å². The summed E-state index contributed by atoms with van der Waals surface area (Å²) in [6.45, 7) is 2.06. The Hall–Kier alpha value is -1.41. The van der Waals surface area contributed by atoms with Gasteiger partial charge in [-0.3, -0.25) is 4.79 Å². The number of nitrogens with zero attached hydrogens (tertiary/aromatic N) is 2. The molecule has 0 aromatic heterocycles. The van der Waals surface area contributed by atoms with Gasteiger partial charge in [-0.2, -0.15) is 5.26 Å².